The zero-order chi connectivity index (χ0) is 7.40. The number of hydrogen-bond acceptors (Lipinski definition) is 2. The van der Waals surface area contributed by atoms with E-state index in [2.05, 4.69) is 24.8 Å². The van der Waals surface area contributed by atoms with Crippen molar-refractivity contribution in [3.8, 4) is 0 Å². The largest absolute Gasteiger partial charge is 0.788 e. The van der Waals surface area contributed by atoms with Gasteiger partial charge in [0.2, 0.25) is 0 Å². The van der Waals surface area contributed by atoms with Crippen LogP contribution in [0.25, 0.3) is 0 Å². The molecule has 0 nitrogen and oxygen atoms in total. The second kappa shape index (κ2) is 3.94. The zero-order valence-corrected chi connectivity index (χ0v) is 7.29. The average molecular weight is 169 g/mol. The topological polar surface area (TPSA) is 0 Å². The van der Waals surface area contributed by atoms with Gasteiger partial charge in [-0.2, -0.15) is 18.4 Å². The third-order valence-corrected chi connectivity index (χ3v) is 2.04. The minimum Gasteiger partial charge on any atom is -0.788 e. The van der Waals surface area contributed by atoms with E-state index in [-0.39, 0.29) is 0 Å². The molecule has 54 valence electrons. The molecule has 0 bridgehead atoms. The molecule has 1 aromatic carbocycles. The van der Waals surface area contributed by atoms with Crippen LogP contribution in [0.3, 0.4) is 0 Å². The molecule has 0 aromatic heterocycles. The maximum atomic E-state index is 4.90. The van der Waals surface area contributed by atoms with Crippen molar-refractivity contribution in [2.24, 2.45) is 0 Å². The van der Waals surface area contributed by atoms with Crippen molar-refractivity contribution < 1.29 is 0 Å². The van der Waals surface area contributed by atoms with E-state index < -0.39 is 0 Å². The summed E-state index contributed by atoms with van der Waals surface area (Å²) in [6, 6.07) is 8.22. The van der Waals surface area contributed by atoms with Gasteiger partial charge in [0.15, 0.2) is 0 Å². The fraction of sp³-hybridized carbons (Fsp3) is 0.250. The number of hydrogen-bond donors (Lipinski definition) is 1. The molecule has 0 radical (unpaired) electrons. The Hall–Kier alpha value is -0.0800. The molecule has 0 aliphatic heterocycles. The van der Waals surface area contributed by atoms with Gasteiger partial charge in [-0.1, -0.05) is 29.8 Å². The number of benzene rings is 1. The summed E-state index contributed by atoms with van der Waals surface area (Å²) in [4.78, 5) is 0. The van der Waals surface area contributed by atoms with Crippen LogP contribution in [0.5, 0.6) is 0 Å². The minimum absolute atomic E-state index is 0.696. The van der Waals surface area contributed by atoms with Crippen molar-refractivity contribution in [2.75, 3.05) is 0 Å². The lowest BCUT2D eigenvalue weighted by molar-refractivity contribution is 1.34. The molecule has 1 aromatic rings. The fourth-order valence-electron chi connectivity index (χ4n) is 0.818. The van der Waals surface area contributed by atoms with Crippen molar-refractivity contribution in [2.45, 2.75) is 11.5 Å². The standard InChI is InChI=1S/C8H10S2/c9-5-7-2-1-3-8(4-7)6-10/h1-4,9-10H,5-6H2/p-1. The lowest BCUT2D eigenvalue weighted by atomic mass is 10.2. The molecule has 0 saturated heterocycles. The first-order valence-electron chi connectivity index (χ1n) is 3.13. The molecule has 0 saturated carbocycles. The fourth-order valence-corrected chi connectivity index (χ4v) is 1.19. The lowest BCUT2D eigenvalue weighted by Gasteiger charge is -2.04. The van der Waals surface area contributed by atoms with Crippen molar-refractivity contribution in [1.82, 2.24) is 0 Å². The van der Waals surface area contributed by atoms with Gasteiger partial charge < -0.3 is 12.6 Å². The van der Waals surface area contributed by atoms with E-state index in [1.807, 2.05) is 12.1 Å². The molecule has 0 aliphatic rings. The molecule has 0 spiro atoms. The molecule has 1 rings (SSSR count). The first-order valence-corrected chi connectivity index (χ1v) is 4.34. The van der Waals surface area contributed by atoms with E-state index in [0.29, 0.717) is 5.75 Å². The van der Waals surface area contributed by atoms with E-state index >= 15 is 0 Å². The third kappa shape index (κ3) is 1.96. The maximum absolute atomic E-state index is 4.90. The summed E-state index contributed by atoms with van der Waals surface area (Å²) >= 11 is 9.06. The average Bonchev–Trinajstić information content (AvgIpc) is 2.05. The monoisotopic (exact) mass is 169 g/mol. The Morgan fingerprint density at radius 2 is 2.00 bits per heavy atom. The first kappa shape index (κ1) is 8.02. The van der Waals surface area contributed by atoms with E-state index in [1.165, 1.54) is 11.1 Å². The van der Waals surface area contributed by atoms with E-state index in [4.69, 9.17) is 12.6 Å². The Labute approximate surface area is 72.5 Å². The van der Waals surface area contributed by atoms with Crippen LogP contribution in [0.1, 0.15) is 11.1 Å². The van der Waals surface area contributed by atoms with E-state index in [1.54, 1.807) is 0 Å². The summed E-state index contributed by atoms with van der Waals surface area (Å²) in [6.07, 6.45) is 0. The van der Waals surface area contributed by atoms with E-state index in [9.17, 15) is 0 Å². The smallest absolute Gasteiger partial charge is 0.0154 e. The summed E-state index contributed by atoms with van der Waals surface area (Å²) < 4.78 is 0. The van der Waals surface area contributed by atoms with Crippen LogP contribution in [-0.2, 0) is 24.1 Å². The lowest BCUT2D eigenvalue weighted by Crippen LogP contribution is -1.82. The molecule has 0 aliphatic carbocycles. The van der Waals surface area contributed by atoms with Gasteiger partial charge in [-0.3, -0.25) is 0 Å². The third-order valence-electron chi connectivity index (χ3n) is 1.34. The van der Waals surface area contributed by atoms with Gasteiger partial charge in [0.05, 0.1) is 0 Å². The SMILES string of the molecule is [S-]Cc1cccc(CS)c1. The molecule has 0 N–H and O–H groups in total. The summed E-state index contributed by atoms with van der Waals surface area (Å²) in [7, 11) is 0. The molecule has 10 heavy (non-hydrogen) atoms. The van der Waals surface area contributed by atoms with Crippen LogP contribution in [0.15, 0.2) is 24.3 Å². The zero-order valence-electron chi connectivity index (χ0n) is 5.58. The van der Waals surface area contributed by atoms with Crippen LogP contribution in [-0.4, -0.2) is 0 Å². The highest BCUT2D eigenvalue weighted by molar-refractivity contribution is 7.79. The number of thiol groups is 1. The first-order chi connectivity index (χ1) is 4.86. The Morgan fingerprint density at radius 1 is 1.30 bits per heavy atom. The van der Waals surface area contributed by atoms with Gasteiger partial charge in [0, 0.05) is 5.75 Å². The summed E-state index contributed by atoms with van der Waals surface area (Å²) in [5.41, 5.74) is 2.45. The predicted molar refractivity (Wildman–Crippen MR) is 50.2 cm³/mol. The quantitative estimate of drug-likeness (QED) is 0.523. The van der Waals surface area contributed by atoms with Crippen molar-refractivity contribution in [1.29, 1.82) is 0 Å². The van der Waals surface area contributed by atoms with Gasteiger partial charge in [-0.15, -0.1) is 0 Å². The summed E-state index contributed by atoms with van der Waals surface area (Å²) in [5.74, 6) is 1.49. The minimum atomic E-state index is 0.696. The number of rotatable bonds is 2. The van der Waals surface area contributed by atoms with Crippen molar-refractivity contribution >= 4 is 25.3 Å². The van der Waals surface area contributed by atoms with Crippen LogP contribution in [0.4, 0.5) is 0 Å². The van der Waals surface area contributed by atoms with Crippen molar-refractivity contribution in [3.63, 3.8) is 0 Å². The van der Waals surface area contributed by atoms with Gasteiger partial charge in [-0.05, 0) is 5.56 Å². The molecular weight excluding hydrogens is 160 g/mol. The normalized spacial score (nSPS) is 9.80. The highest BCUT2D eigenvalue weighted by Gasteiger charge is 1.87. The molecule has 0 amide bonds. The Balaban J connectivity index is 2.87. The Bertz CT molecular complexity index is 189. The van der Waals surface area contributed by atoms with Gasteiger partial charge in [0.1, 0.15) is 0 Å². The van der Waals surface area contributed by atoms with Crippen molar-refractivity contribution in [3.05, 3.63) is 35.4 Å². The highest BCUT2D eigenvalue weighted by atomic mass is 32.1. The summed E-state index contributed by atoms with van der Waals surface area (Å²) in [6.45, 7) is 0. The molecule has 0 unspecified atom stereocenters. The van der Waals surface area contributed by atoms with Crippen LogP contribution in [0.2, 0.25) is 0 Å². The van der Waals surface area contributed by atoms with Crippen LogP contribution < -0.4 is 0 Å². The Kier molecular flexibility index (Phi) is 3.16. The molecule has 0 heterocycles. The predicted octanol–water partition coefficient (Wildman–Crippen LogP) is 2.16. The Morgan fingerprint density at radius 3 is 2.60 bits per heavy atom. The van der Waals surface area contributed by atoms with Crippen LogP contribution >= 0.6 is 12.6 Å². The van der Waals surface area contributed by atoms with Gasteiger partial charge in [-0.25, -0.2) is 0 Å². The van der Waals surface area contributed by atoms with Crippen LogP contribution in [0, 0.1) is 0 Å². The second-order valence-electron chi connectivity index (χ2n) is 2.12. The maximum Gasteiger partial charge on any atom is 0.0154 e. The molecule has 0 atom stereocenters. The molecular formula is C8H9S2-. The second-order valence-corrected chi connectivity index (χ2v) is 2.73. The molecule has 2 heteroatoms. The summed E-state index contributed by atoms with van der Waals surface area (Å²) in [5, 5.41) is 0. The van der Waals surface area contributed by atoms with Gasteiger partial charge >= 0.3 is 0 Å². The highest BCUT2D eigenvalue weighted by Crippen LogP contribution is 2.07. The van der Waals surface area contributed by atoms with Gasteiger partial charge in [0.25, 0.3) is 0 Å². The molecule has 0 fully saturated rings. The van der Waals surface area contributed by atoms with E-state index in [0.717, 1.165) is 5.75 Å².